The van der Waals surface area contributed by atoms with Crippen molar-refractivity contribution < 1.29 is 8.42 Å². The molecule has 0 N–H and O–H groups in total. The molecule has 0 amide bonds. The highest BCUT2D eigenvalue weighted by Gasteiger charge is 2.17. The zero-order valence-corrected chi connectivity index (χ0v) is 14.3. The summed E-state index contributed by atoms with van der Waals surface area (Å²) in [5.41, 5.74) is 1.12. The number of hydrogen-bond donors (Lipinski definition) is 0. The Hall–Kier alpha value is -2.04. The van der Waals surface area contributed by atoms with E-state index < -0.39 is 21.6 Å². The van der Waals surface area contributed by atoms with E-state index in [1.807, 2.05) is 73.7 Å². The maximum Gasteiger partial charge on any atom is 0.0862 e. The SMILES string of the molecule is Cc1ccc(S(=O)c2ccccc2S(=O)c2ccccc2)cc1. The van der Waals surface area contributed by atoms with Crippen molar-refractivity contribution in [3.63, 3.8) is 0 Å². The molecular formula is C19H16O2S2. The molecule has 0 radical (unpaired) electrons. The van der Waals surface area contributed by atoms with Gasteiger partial charge >= 0.3 is 0 Å². The Labute approximate surface area is 141 Å². The maximum atomic E-state index is 12.9. The molecule has 0 aliphatic rings. The van der Waals surface area contributed by atoms with E-state index in [0.29, 0.717) is 19.6 Å². The minimum Gasteiger partial charge on any atom is -0.249 e. The lowest BCUT2D eigenvalue weighted by Crippen LogP contribution is -2.01. The van der Waals surface area contributed by atoms with Crippen molar-refractivity contribution in [1.29, 1.82) is 0 Å². The van der Waals surface area contributed by atoms with Crippen LogP contribution in [0.15, 0.2) is 98.4 Å². The quantitative estimate of drug-likeness (QED) is 0.708. The Morgan fingerprint density at radius 2 is 1.00 bits per heavy atom. The van der Waals surface area contributed by atoms with Crippen LogP contribution < -0.4 is 0 Å². The predicted molar refractivity (Wildman–Crippen MR) is 93.4 cm³/mol. The highest BCUT2D eigenvalue weighted by Crippen LogP contribution is 2.26. The smallest absolute Gasteiger partial charge is 0.0862 e. The molecule has 3 aromatic carbocycles. The van der Waals surface area contributed by atoms with Crippen LogP contribution in [0.5, 0.6) is 0 Å². The fourth-order valence-corrected chi connectivity index (χ4v) is 4.87. The second-order valence-electron chi connectivity index (χ2n) is 5.11. The zero-order valence-electron chi connectivity index (χ0n) is 12.6. The number of hydrogen-bond acceptors (Lipinski definition) is 2. The average molecular weight is 340 g/mol. The van der Waals surface area contributed by atoms with Crippen LogP contribution in [0.25, 0.3) is 0 Å². The van der Waals surface area contributed by atoms with Crippen molar-refractivity contribution in [2.75, 3.05) is 0 Å². The molecular weight excluding hydrogens is 324 g/mol. The van der Waals surface area contributed by atoms with E-state index in [1.165, 1.54) is 0 Å². The third kappa shape index (κ3) is 3.49. The Bertz CT molecular complexity index is 856. The molecule has 0 fully saturated rings. The van der Waals surface area contributed by atoms with Gasteiger partial charge in [0.2, 0.25) is 0 Å². The summed E-state index contributed by atoms with van der Waals surface area (Å²) in [5, 5.41) is 0. The standard InChI is InChI=1S/C19H16O2S2/c1-15-11-13-17(14-12-15)23(21)19-10-6-5-9-18(19)22(20)16-7-3-2-4-8-16/h2-14H,1H3. The minimum atomic E-state index is -1.35. The topological polar surface area (TPSA) is 34.1 Å². The summed E-state index contributed by atoms with van der Waals surface area (Å²) < 4.78 is 25.7. The summed E-state index contributed by atoms with van der Waals surface area (Å²) in [4.78, 5) is 2.62. The number of benzene rings is 3. The first kappa shape index (κ1) is 15.8. The second-order valence-corrected chi connectivity index (χ2v) is 8.01. The fraction of sp³-hybridized carbons (Fsp3) is 0.0526. The third-order valence-corrected chi connectivity index (χ3v) is 6.48. The highest BCUT2D eigenvalue weighted by molar-refractivity contribution is 7.88. The van der Waals surface area contributed by atoms with Crippen LogP contribution in [0.2, 0.25) is 0 Å². The van der Waals surface area contributed by atoms with Crippen LogP contribution in [-0.2, 0) is 21.6 Å². The van der Waals surface area contributed by atoms with E-state index in [2.05, 4.69) is 0 Å². The van der Waals surface area contributed by atoms with Gasteiger partial charge in [-0.2, -0.15) is 0 Å². The molecule has 2 nitrogen and oxygen atoms in total. The molecule has 3 aromatic rings. The number of rotatable bonds is 4. The maximum absolute atomic E-state index is 12.9. The van der Waals surface area contributed by atoms with Gasteiger partial charge in [-0.15, -0.1) is 0 Å². The van der Waals surface area contributed by atoms with Gasteiger partial charge in [0.1, 0.15) is 0 Å². The molecule has 0 aromatic heterocycles. The third-order valence-electron chi connectivity index (χ3n) is 3.44. The van der Waals surface area contributed by atoms with Gasteiger partial charge in [-0.1, -0.05) is 48.0 Å². The summed E-state index contributed by atoms with van der Waals surface area (Å²) in [5.74, 6) is 0. The van der Waals surface area contributed by atoms with Crippen molar-refractivity contribution >= 4 is 21.6 Å². The molecule has 2 unspecified atom stereocenters. The van der Waals surface area contributed by atoms with Crippen LogP contribution in [0.1, 0.15) is 5.56 Å². The first-order valence-corrected chi connectivity index (χ1v) is 9.51. The summed E-state index contributed by atoms with van der Waals surface area (Å²) in [7, 11) is -2.70. The first-order valence-electron chi connectivity index (χ1n) is 7.21. The Morgan fingerprint density at radius 1 is 0.565 bits per heavy atom. The fourth-order valence-electron chi connectivity index (χ4n) is 2.22. The molecule has 0 heterocycles. The van der Waals surface area contributed by atoms with Crippen molar-refractivity contribution in [3.05, 3.63) is 84.4 Å². The normalized spacial score (nSPS) is 13.4. The van der Waals surface area contributed by atoms with Gasteiger partial charge in [0.15, 0.2) is 0 Å². The van der Waals surface area contributed by atoms with E-state index in [4.69, 9.17) is 0 Å². The lowest BCUT2D eigenvalue weighted by Gasteiger charge is -2.09. The average Bonchev–Trinajstić information content (AvgIpc) is 2.62. The first-order chi connectivity index (χ1) is 11.2. The van der Waals surface area contributed by atoms with E-state index in [0.717, 1.165) is 5.56 Å². The molecule has 0 bridgehead atoms. The minimum absolute atomic E-state index is 0.595. The van der Waals surface area contributed by atoms with Gasteiger partial charge in [-0.25, -0.2) is 8.42 Å². The van der Waals surface area contributed by atoms with Crippen LogP contribution in [0, 0.1) is 6.92 Å². The van der Waals surface area contributed by atoms with E-state index in [-0.39, 0.29) is 0 Å². The van der Waals surface area contributed by atoms with Crippen LogP contribution >= 0.6 is 0 Å². The summed E-state index contributed by atoms with van der Waals surface area (Å²) >= 11 is 0. The molecule has 0 aliphatic heterocycles. The second kappa shape index (κ2) is 7.02. The largest absolute Gasteiger partial charge is 0.249 e. The summed E-state index contributed by atoms with van der Waals surface area (Å²) in [6.07, 6.45) is 0. The summed E-state index contributed by atoms with van der Waals surface area (Å²) in [6.45, 7) is 1.99. The van der Waals surface area contributed by atoms with E-state index in [9.17, 15) is 8.42 Å². The van der Waals surface area contributed by atoms with Gasteiger partial charge in [0.25, 0.3) is 0 Å². The Kier molecular flexibility index (Phi) is 4.84. The molecule has 3 rings (SSSR count). The zero-order chi connectivity index (χ0) is 16.2. The van der Waals surface area contributed by atoms with Crippen LogP contribution in [0.3, 0.4) is 0 Å². The highest BCUT2D eigenvalue weighted by atomic mass is 32.2. The molecule has 0 saturated heterocycles. The van der Waals surface area contributed by atoms with E-state index >= 15 is 0 Å². The predicted octanol–water partition coefficient (Wildman–Crippen LogP) is 4.33. The van der Waals surface area contributed by atoms with Gasteiger partial charge in [0.05, 0.1) is 31.4 Å². The van der Waals surface area contributed by atoms with Gasteiger partial charge in [0, 0.05) is 9.79 Å². The Morgan fingerprint density at radius 3 is 1.52 bits per heavy atom. The van der Waals surface area contributed by atoms with Gasteiger partial charge < -0.3 is 0 Å². The molecule has 23 heavy (non-hydrogen) atoms. The molecule has 0 aliphatic carbocycles. The van der Waals surface area contributed by atoms with Crippen molar-refractivity contribution in [3.8, 4) is 0 Å². The summed E-state index contributed by atoms with van der Waals surface area (Å²) in [6, 6.07) is 24.0. The molecule has 116 valence electrons. The van der Waals surface area contributed by atoms with E-state index in [1.54, 1.807) is 12.1 Å². The monoisotopic (exact) mass is 340 g/mol. The van der Waals surface area contributed by atoms with Crippen LogP contribution in [-0.4, -0.2) is 8.42 Å². The van der Waals surface area contributed by atoms with Crippen molar-refractivity contribution in [2.24, 2.45) is 0 Å². The lowest BCUT2D eigenvalue weighted by atomic mass is 10.2. The van der Waals surface area contributed by atoms with Gasteiger partial charge in [-0.3, -0.25) is 0 Å². The van der Waals surface area contributed by atoms with Gasteiger partial charge in [-0.05, 0) is 43.3 Å². The van der Waals surface area contributed by atoms with Crippen molar-refractivity contribution in [2.45, 2.75) is 26.5 Å². The lowest BCUT2D eigenvalue weighted by molar-refractivity contribution is 0.674. The van der Waals surface area contributed by atoms with Crippen LogP contribution in [0.4, 0.5) is 0 Å². The molecule has 0 saturated carbocycles. The molecule has 4 heteroatoms. The molecule has 0 spiro atoms. The molecule has 2 atom stereocenters. The number of aryl methyl sites for hydroxylation is 1. The van der Waals surface area contributed by atoms with Crippen molar-refractivity contribution in [1.82, 2.24) is 0 Å². The Balaban J connectivity index is 2.03.